The van der Waals surface area contributed by atoms with E-state index in [9.17, 15) is 23.3 Å². The lowest BCUT2D eigenvalue weighted by Gasteiger charge is -2.29. The molecule has 0 saturated heterocycles. The molecule has 0 radical (unpaired) electrons. The van der Waals surface area contributed by atoms with Gasteiger partial charge in [0.25, 0.3) is 5.69 Å². The number of non-ortho nitro benzene ring substituents is 1. The van der Waals surface area contributed by atoms with Crippen LogP contribution in [0.15, 0.2) is 48.5 Å². The van der Waals surface area contributed by atoms with Crippen LogP contribution in [0.2, 0.25) is 0 Å². The van der Waals surface area contributed by atoms with Crippen LogP contribution >= 0.6 is 11.3 Å². The zero-order chi connectivity index (χ0) is 24.2. The molecule has 174 valence electrons. The Morgan fingerprint density at radius 2 is 1.94 bits per heavy atom. The fraction of sp³-hybridized carbons (Fsp3) is 0.250. The van der Waals surface area contributed by atoms with Crippen molar-refractivity contribution >= 4 is 43.8 Å². The van der Waals surface area contributed by atoms with E-state index in [0.717, 1.165) is 33.5 Å². The van der Waals surface area contributed by atoms with E-state index >= 15 is 0 Å². The predicted molar refractivity (Wildman–Crippen MR) is 125 cm³/mol. The Morgan fingerprint density at radius 3 is 2.52 bits per heavy atom. The van der Waals surface area contributed by atoms with Crippen LogP contribution in [0.25, 0.3) is 10.6 Å². The topological polar surface area (TPSA) is 145 Å². The number of rotatable bonds is 9. The average molecular weight is 492 g/mol. The summed E-state index contributed by atoms with van der Waals surface area (Å²) in [5, 5.41) is 22.5. The molecule has 0 spiro atoms. The number of nitrogens with zero attached hydrogens (tertiary/aromatic N) is 4. The smallest absolute Gasteiger partial charge is 0.271 e. The summed E-state index contributed by atoms with van der Waals surface area (Å²) < 4.78 is 31.1. The quantitative estimate of drug-likeness (QED) is 0.354. The third-order valence-corrected chi connectivity index (χ3v) is 6.68. The number of methoxy groups -OCH3 is 1. The minimum absolute atomic E-state index is 0.0184. The number of nitro groups is 1. The minimum atomic E-state index is -3.95. The number of amides is 1. The van der Waals surface area contributed by atoms with Crippen molar-refractivity contribution < 1.29 is 22.9 Å². The first kappa shape index (κ1) is 24.1. The Balaban J connectivity index is 1.86. The van der Waals surface area contributed by atoms with Crippen LogP contribution in [0, 0.1) is 10.1 Å². The molecule has 1 aromatic heterocycles. The van der Waals surface area contributed by atoms with Crippen LogP contribution in [0.5, 0.6) is 5.75 Å². The van der Waals surface area contributed by atoms with Gasteiger partial charge < -0.3 is 4.74 Å². The molecule has 13 heteroatoms. The molecule has 11 nitrogen and oxygen atoms in total. The SMILES string of the molecule is CC[C@@H](C(=O)Nc1nnc(-c2ccc(OC)cc2)s1)N(c1cccc([N+](=O)[O-])c1)S(C)(=O)=O. The second kappa shape index (κ2) is 9.92. The van der Waals surface area contributed by atoms with Gasteiger partial charge in [0.05, 0.1) is 24.0 Å². The largest absolute Gasteiger partial charge is 0.497 e. The zero-order valence-corrected chi connectivity index (χ0v) is 19.6. The molecule has 2 aromatic carbocycles. The highest BCUT2D eigenvalue weighted by atomic mass is 32.2. The van der Waals surface area contributed by atoms with Crippen molar-refractivity contribution in [2.75, 3.05) is 23.0 Å². The first-order chi connectivity index (χ1) is 15.6. The van der Waals surface area contributed by atoms with E-state index < -0.39 is 26.9 Å². The summed E-state index contributed by atoms with van der Waals surface area (Å²) in [6.45, 7) is 1.64. The monoisotopic (exact) mass is 491 g/mol. The van der Waals surface area contributed by atoms with Gasteiger partial charge >= 0.3 is 0 Å². The number of carbonyl (C=O) groups is 1. The van der Waals surface area contributed by atoms with Crippen LogP contribution in [0.3, 0.4) is 0 Å². The van der Waals surface area contributed by atoms with Crippen LogP contribution in [-0.4, -0.2) is 48.9 Å². The number of carbonyl (C=O) groups excluding carboxylic acids is 1. The number of sulfonamides is 1. The minimum Gasteiger partial charge on any atom is -0.497 e. The molecular weight excluding hydrogens is 470 g/mol. The van der Waals surface area contributed by atoms with Crippen molar-refractivity contribution in [3.63, 3.8) is 0 Å². The molecule has 3 aromatic rings. The molecule has 0 aliphatic rings. The molecule has 3 rings (SSSR count). The fourth-order valence-corrected chi connectivity index (χ4v) is 5.07. The van der Waals surface area contributed by atoms with E-state index in [0.29, 0.717) is 10.8 Å². The lowest BCUT2D eigenvalue weighted by molar-refractivity contribution is -0.384. The van der Waals surface area contributed by atoms with Crippen LogP contribution in [0.4, 0.5) is 16.5 Å². The number of hydrogen-bond donors (Lipinski definition) is 1. The summed E-state index contributed by atoms with van der Waals surface area (Å²) in [6, 6.07) is 11.1. The van der Waals surface area contributed by atoms with Crippen LogP contribution in [-0.2, 0) is 14.8 Å². The van der Waals surface area contributed by atoms with Gasteiger partial charge in [-0.05, 0) is 36.8 Å². The van der Waals surface area contributed by atoms with Crippen LogP contribution in [0.1, 0.15) is 13.3 Å². The van der Waals surface area contributed by atoms with Gasteiger partial charge in [0.1, 0.15) is 16.8 Å². The van der Waals surface area contributed by atoms with Crippen molar-refractivity contribution in [2.45, 2.75) is 19.4 Å². The van der Waals surface area contributed by atoms with Gasteiger partial charge in [0.2, 0.25) is 21.1 Å². The molecule has 0 aliphatic heterocycles. The Labute approximate surface area is 194 Å². The van der Waals surface area contributed by atoms with E-state index in [2.05, 4.69) is 15.5 Å². The molecule has 1 atom stereocenters. The molecule has 0 aliphatic carbocycles. The van der Waals surface area contributed by atoms with Gasteiger partial charge in [-0.1, -0.05) is 24.3 Å². The summed E-state index contributed by atoms with van der Waals surface area (Å²) in [5.41, 5.74) is 0.504. The summed E-state index contributed by atoms with van der Waals surface area (Å²) >= 11 is 1.12. The molecule has 33 heavy (non-hydrogen) atoms. The average Bonchev–Trinajstić information content (AvgIpc) is 3.24. The summed E-state index contributed by atoms with van der Waals surface area (Å²) in [7, 11) is -2.39. The van der Waals surface area contributed by atoms with Crippen molar-refractivity contribution in [3.05, 3.63) is 58.6 Å². The molecule has 1 N–H and O–H groups in total. The second-order valence-electron chi connectivity index (χ2n) is 6.89. The van der Waals surface area contributed by atoms with E-state index in [1.54, 1.807) is 38.3 Å². The Hall–Kier alpha value is -3.58. The molecular formula is C20H21N5O6S2. The summed E-state index contributed by atoms with van der Waals surface area (Å²) in [6.07, 6.45) is 1.06. The van der Waals surface area contributed by atoms with E-state index in [-0.39, 0.29) is 22.9 Å². The second-order valence-corrected chi connectivity index (χ2v) is 9.73. The number of nitro benzene ring substituents is 1. The highest BCUT2D eigenvalue weighted by Crippen LogP contribution is 2.30. The number of anilines is 2. The number of nitrogens with one attached hydrogen (secondary N) is 1. The van der Waals surface area contributed by atoms with E-state index in [4.69, 9.17) is 4.74 Å². The molecule has 1 amide bonds. The lowest BCUT2D eigenvalue weighted by atomic mass is 10.2. The highest BCUT2D eigenvalue weighted by molar-refractivity contribution is 7.92. The van der Waals surface area contributed by atoms with Gasteiger partial charge in [-0.25, -0.2) is 8.42 Å². The molecule has 0 saturated carbocycles. The maximum atomic E-state index is 13.0. The van der Waals surface area contributed by atoms with E-state index in [1.165, 1.54) is 18.2 Å². The number of ether oxygens (including phenoxy) is 1. The third kappa shape index (κ3) is 5.62. The zero-order valence-electron chi connectivity index (χ0n) is 18.0. The van der Waals surface area contributed by atoms with E-state index in [1.807, 2.05) is 0 Å². The highest BCUT2D eigenvalue weighted by Gasteiger charge is 2.32. The summed E-state index contributed by atoms with van der Waals surface area (Å²) in [5.74, 6) is 0.0523. The van der Waals surface area contributed by atoms with Crippen molar-refractivity contribution in [1.29, 1.82) is 0 Å². The summed E-state index contributed by atoms with van der Waals surface area (Å²) in [4.78, 5) is 23.5. The van der Waals surface area contributed by atoms with Crippen molar-refractivity contribution in [2.24, 2.45) is 0 Å². The van der Waals surface area contributed by atoms with Gasteiger partial charge in [-0.3, -0.25) is 24.5 Å². The Bertz CT molecular complexity index is 1260. The fourth-order valence-electron chi connectivity index (χ4n) is 3.12. The third-order valence-electron chi connectivity index (χ3n) is 4.62. The number of benzene rings is 2. The Morgan fingerprint density at radius 1 is 1.24 bits per heavy atom. The lowest BCUT2D eigenvalue weighted by Crippen LogP contribution is -2.47. The van der Waals surface area contributed by atoms with Gasteiger partial charge in [-0.15, -0.1) is 10.2 Å². The first-order valence-corrected chi connectivity index (χ1v) is 12.3. The predicted octanol–water partition coefficient (Wildman–Crippen LogP) is 3.31. The standard InChI is InChI=1S/C20H21N5O6S2/c1-4-17(24(33(3,29)30)14-6-5-7-15(12-14)25(27)28)18(26)21-20-23-22-19(32-20)13-8-10-16(31-2)11-9-13/h5-12,17H,4H2,1-3H3,(H,21,23,26)/t17-/m0/s1. The van der Waals surface area contributed by atoms with Crippen molar-refractivity contribution in [3.8, 4) is 16.3 Å². The molecule has 0 unspecified atom stereocenters. The van der Waals surface area contributed by atoms with Gasteiger partial charge in [-0.2, -0.15) is 0 Å². The maximum Gasteiger partial charge on any atom is 0.271 e. The molecule has 0 fully saturated rings. The van der Waals surface area contributed by atoms with Gasteiger partial charge in [0, 0.05) is 17.7 Å². The van der Waals surface area contributed by atoms with Crippen LogP contribution < -0.4 is 14.4 Å². The Kier molecular flexibility index (Phi) is 7.23. The van der Waals surface area contributed by atoms with Gasteiger partial charge in [0.15, 0.2) is 0 Å². The maximum absolute atomic E-state index is 13.0. The normalized spacial score (nSPS) is 12.1. The molecule has 0 bridgehead atoms. The molecule has 1 heterocycles. The first-order valence-electron chi connectivity index (χ1n) is 9.66. The number of aromatic nitrogens is 2. The van der Waals surface area contributed by atoms with Crippen molar-refractivity contribution in [1.82, 2.24) is 10.2 Å². The number of hydrogen-bond acceptors (Lipinski definition) is 9.